The second-order valence-electron chi connectivity index (χ2n) is 7.76. The molecule has 5 nitrogen and oxygen atoms in total. The van der Waals surface area contributed by atoms with Crippen molar-refractivity contribution in [3.05, 3.63) is 63.6 Å². The second kappa shape index (κ2) is 13.9. The number of unbranched alkanes of at least 4 members (excludes halogenated alkanes) is 6. The van der Waals surface area contributed by atoms with Crippen molar-refractivity contribution in [1.82, 2.24) is 5.43 Å². The minimum Gasteiger partial charge on any atom is -0.322 e. The number of nitrogens with one attached hydrogen (secondary N) is 2. The van der Waals surface area contributed by atoms with Gasteiger partial charge in [0.2, 0.25) is 5.91 Å². The van der Waals surface area contributed by atoms with Gasteiger partial charge in [-0.3, -0.25) is 9.59 Å². The van der Waals surface area contributed by atoms with Crippen LogP contribution in [0.5, 0.6) is 0 Å². The van der Waals surface area contributed by atoms with E-state index in [1.807, 2.05) is 19.1 Å². The van der Waals surface area contributed by atoms with Crippen LogP contribution in [0.3, 0.4) is 0 Å². The van der Waals surface area contributed by atoms with Crippen LogP contribution in [0.4, 0.5) is 5.69 Å². The van der Waals surface area contributed by atoms with Gasteiger partial charge in [-0.05, 0) is 49.2 Å². The Balaban J connectivity index is 1.85. The van der Waals surface area contributed by atoms with Gasteiger partial charge in [-0.25, -0.2) is 5.43 Å². The van der Waals surface area contributed by atoms with Crippen molar-refractivity contribution in [3.8, 4) is 0 Å². The molecule has 2 amide bonds. The van der Waals surface area contributed by atoms with Crippen LogP contribution < -0.4 is 10.7 Å². The summed E-state index contributed by atoms with van der Waals surface area (Å²) in [5.41, 5.74) is 5.00. The minimum absolute atomic E-state index is 0.0836. The number of rotatable bonds is 12. The summed E-state index contributed by atoms with van der Waals surface area (Å²) in [6, 6.07) is 12.0. The largest absolute Gasteiger partial charge is 0.322 e. The first-order valence-corrected chi connectivity index (χ1v) is 11.9. The van der Waals surface area contributed by atoms with Crippen molar-refractivity contribution < 1.29 is 9.59 Å². The molecule has 0 bridgehead atoms. The summed E-state index contributed by atoms with van der Waals surface area (Å²) in [6.07, 6.45) is 8.64. The molecule has 2 aromatic carbocycles. The number of halogens is 2. The van der Waals surface area contributed by atoms with Crippen molar-refractivity contribution in [2.75, 3.05) is 5.32 Å². The Hall–Kier alpha value is -2.37. The van der Waals surface area contributed by atoms with Crippen molar-refractivity contribution in [1.29, 1.82) is 0 Å². The zero-order valence-electron chi connectivity index (χ0n) is 18.7. The number of nitrogens with zero attached hydrogens (tertiary/aromatic N) is 1. The zero-order valence-corrected chi connectivity index (χ0v) is 20.2. The molecule has 2 rings (SSSR count). The summed E-state index contributed by atoms with van der Waals surface area (Å²) in [7, 11) is 0. The van der Waals surface area contributed by atoms with Gasteiger partial charge in [0.25, 0.3) is 5.91 Å². The summed E-state index contributed by atoms with van der Waals surface area (Å²) in [4.78, 5) is 24.6. The Bertz CT molecular complexity index is 945. The Labute approximate surface area is 200 Å². The number of benzene rings is 2. The monoisotopic (exact) mass is 475 g/mol. The smallest absolute Gasteiger partial charge is 0.257 e. The van der Waals surface area contributed by atoms with Gasteiger partial charge in [0.1, 0.15) is 0 Å². The molecule has 0 saturated carbocycles. The Morgan fingerprint density at radius 3 is 2.38 bits per heavy atom. The van der Waals surface area contributed by atoms with Crippen molar-refractivity contribution in [3.63, 3.8) is 0 Å². The van der Waals surface area contributed by atoms with E-state index in [0.29, 0.717) is 28.4 Å². The summed E-state index contributed by atoms with van der Waals surface area (Å²) in [6.45, 7) is 4.02. The molecule has 172 valence electrons. The molecule has 7 heteroatoms. The molecule has 0 saturated heterocycles. The Morgan fingerprint density at radius 1 is 0.938 bits per heavy atom. The fraction of sp³-hybridized carbons (Fsp3) is 0.400. The number of carbonyl (C=O) groups is 2. The van der Waals surface area contributed by atoms with E-state index in [9.17, 15) is 9.59 Å². The van der Waals surface area contributed by atoms with Gasteiger partial charge in [0.05, 0.1) is 16.3 Å². The van der Waals surface area contributed by atoms with Crippen LogP contribution >= 0.6 is 23.2 Å². The molecule has 0 aliphatic rings. The third-order valence-corrected chi connectivity index (χ3v) is 5.62. The van der Waals surface area contributed by atoms with E-state index in [2.05, 4.69) is 22.8 Å². The van der Waals surface area contributed by atoms with Gasteiger partial charge in [0, 0.05) is 17.1 Å². The Kier molecular flexibility index (Phi) is 11.3. The molecule has 0 unspecified atom stereocenters. The normalized spacial score (nSPS) is 11.3. The van der Waals surface area contributed by atoms with E-state index < -0.39 is 0 Å². The molecular formula is C25H31Cl2N3O2. The lowest BCUT2D eigenvalue weighted by atomic mass is 10.1. The molecule has 0 radical (unpaired) electrons. The third kappa shape index (κ3) is 9.01. The SMILES string of the molecule is CCCCCCCCCC(=O)NN=C(C)c1cccc(NC(=O)c2ccc(Cl)cc2Cl)c1. The lowest BCUT2D eigenvalue weighted by Crippen LogP contribution is -2.19. The second-order valence-corrected chi connectivity index (χ2v) is 8.61. The van der Waals surface area contributed by atoms with E-state index >= 15 is 0 Å². The lowest BCUT2D eigenvalue weighted by molar-refractivity contribution is -0.121. The first-order chi connectivity index (χ1) is 15.4. The fourth-order valence-electron chi connectivity index (χ4n) is 3.20. The summed E-state index contributed by atoms with van der Waals surface area (Å²) < 4.78 is 0. The van der Waals surface area contributed by atoms with Crippen molar-refractivity contribution >= 4 is 46.4 Å². The van der Waals surface area contributed by atoms with Gasteiger partial charge in [-0.15, -0.1) is 0 Å². The molecule has 0 fully saturated rings. The van der Waals surface area contributed by atoms with Crippen LogP contribution in [-0.2, 0) is 4.79 Å². The highest BCUT2D eigenvalue weighted by atomic mass is 35.5. The van der Waals surface area contributed by atoms with Gasteiger partial charge in [0.15, 0.2) is 0 Å². The average molecular weight is 476 g/mol. The number of hydrazone groups is 1. The van der Waals surface area contributed by atoms with Gasteiger partial charge in [-0.2, -0.15) is 5.10 Å². The third-order valence-electron chi connectivity index (χ3n) is 5.07. The maximum atomic E-state index is 12.5. The predicted molar refractivity (Wildman–Crippen MR) is 134 cm³/mol. The first-order valence-electron chi connectivity index (χ1n) is 11.1. The highest BCUT2D eigenvalue weighted by Crippen LogP contribution is 2.22. The van der Waals surface area contributed by atoms with Crippen LogP contribution in [0.25, 0.3) is 0 Å². The van der Waals surface area contributed by atoms with E-state index in [0.717, 1.165) is 18.4 Å². The quantitative estimate of drug-likeness (QED) is 0.193. The first kappa shape index (κ1) is 25.9. The molecule has 0 spiro atoms. The number of carbonyl (C=O) groups excluding carboxylic acids is 2. The van der Waals surface area contributed by atoms with E-state index in [1.165, 1.54) is 38.2 Å². The zero-order chi connectivity index (χ0) is 23.3. The minimum atomic E-state index is -0.332. The molecule has 0 atom stereocenters. The van der Waals surface area contributed by atoms with E-state index in [-0.39, 0.29) is 16.8 Å². The molecule has 32 heavy (non-hydrogen) atoms. The highest BCUT2D eigenvalue weighted by molar-refractivity contribution is 6.37. The molecule has 0 heterocycles. The molecule has 0 aliphatic carbocycles. The number of hydrogen-bond donors (Lipinski definition) is 2. The molecule has 0 aliphatic heterocycles. The molecular weight excluding hydrogens is 445 g/mol. The molecule has 2 aromatic rings. The van der Waals surface area contributed by atoms with Crippen LogP contribution in [0.15, 0.2) is 47.6 Å². The summed E-state index contributed by atoms with van der Waals surface area (Å²) >= 11 is 12.0. The van der Waals surface area contributed by atoms with E-state index in [4.69, 9.17) is 23.2 Å². The van der Waals surface area contributed by atoms with Crippen LogP contribution in [0.2, 0.25) is 10.0 Å². The lowest BCUT2D eigenvalue weighted by Gasteiger charge is -2.09. The van der Waals surface area contributed by atoms with E-state index in [1.54, 1.807) is 24.3 Å². The Morgan fingerprint density at radius 2 is 1.66 bits per heavy atom. The van der Waals surface area contributed by atoms with Crippen molar-refractivity contribution in [2.45, 2.75) is 65.2 Å². The van der Waals surface area contributed by atoms with Gasteiger partial charge < -0.3 is 5.32 Å². The van der Waals surface area contributed by atoms with Crippen LogP contribution in [0.1, 0.15) is 81.1 Å². The average Bonchev–Trinajstić information content (AvgIpc) is 2.77. The molecule has 0 aromatic heterocycles. The predicted octanol–water partition coefficient (Wildman–Crippen LogP) is 7.23. The topological polar surface area (TPSA) is 70.6 Å². The van der Waals surface area contributed by atoms with Gasteiger partial charge in [-0.1, -0.05) is 80.8 Å². The number of hydrogen-bond acceptors (Lipinski definition) is 3. The summed E-state index contributed by atoms with van der Waals surface area (Å²) in [5.74, 6) is -0.416. The fourth-order valence-corrected chi connectivity index (χ4v) is 3.70. The highest BCUT2D eigenvalue weighted by Gasteiger charge is 2.11. The number of anilines is 1. The standard InChI is InChI=1S/C25H31Cl2N3O2/c1-3-4-5-6-7-8-9-13-24(31)30-29-18(2)19-11-10-12-21(16-19)28-25(32)22-15-14-20(26)17-23(22)27/h10-12,14-17H,3-9,13H2,1-2H3,(H,28,32)(H,30,31). The van der Waals surface area contributed by atoms with Gasteiger partial charge >= 0.3 is 0 Å². The maximum absolute atomic E-state index is 12.5. The summed E-state index contributed by atoms with van der Waals surface area (Å²) in [5, 5.41) is 7.78. The van der Waals surface area contributed by atoms with Crippen molar-refractivity contribution in [2.24, 2.45) is 5.10 Å². The molecule has 2 N–H and O–H groups in total. The van der Waals surface area contributed by atoms with Crippen LogP contribution in [0, 0.1) is 0 Å². The number of amides is 2. The van der Waals surface area contributed by atoms with Crippen LogP contribution in [-0.4, -0.2) is 17.5 Å². The maximum Gasteiger partial charge on any atom is 0.257 e.